The molecule has 0 heterocycles. The minimum absolute atomic E-state index is 0.124. The number of fused-ring (bicyclic) bond motifs is 2. The molecule has 36 heavy (non-hydrogen) atoms. The van der Waals surface area contributed by atoms with Crippen molar-refractivity contribution in [1.82, 2.24) is 0 Å². The monoisotopic (exact) mass is 482 g/mol. The van der Waals surface area contributed by atoms with Crippen LogP contribution in [-0.4, -0.2) is 17.4 Å². The van der Waals surface area contributed by atoms with E-state index in [-0.39, 0.29) is 11.4 Å². The van der Waals surface area contributed by atoms with E-state index in [1.807, 2.05) is 75.4 Å². The Bertz CT molecular complexity index is 1450. The van der Waals surface area contributed by atoms with Crippen LogP contribution in [0.2, 0.25) is 0 Å². The molecular weight excluding hydrogens is 448 g/mol. The molecule has 4 rings (SSSR count). The van der Waals surface area contributed by atoms with Gasteiger partial charge in [-0.05, 0) is 90.7 Å². The molecule has 0 aliphatic heterocycles. The van der Waals surface area contributed by atoms with E-state index < -0.39 is 11.4 Å². The van der Waals surface area contributed by atoms with Gasteiger partial charge in [-0.25, -0.2) is 4.79 Å². The summed E-state index contributed by atoms with van der Waals surface area (Å²) in [5.41, 5.74) is 0.480. The highest BCUT2D eigenvalue weighted by Crippen LogP contribution is 2.30. The Balaban J connectivity index is 1.55. The molecule has 0 atom stereocenters. The second-order valence-corrected chi connectivity index (χ2v) is 10.6. The SMILES string of the molecule is CCC(C)(C)Oc1ccc2ccc(OC(=O)c3ccc4cc(C(=O)C(C)(C)CC)ccc4c3)cc2c1. The summed E-state index contributed by atoms with van der Waals surface area (Å²) in [6.07, 6.45) is 1.66. The maximum atomic E-state index is 12.9. The zero-order valence-electron chi connectivity index (χ0n) is 22.0. The van der Waals surface area contributed by atoms with E-state index in [0.29, 0.717) is 16.9 Å². The normalized spacial score (nSPS) is 12.1. The maximum Gasteiger partial charge on any atom is 0.343 e. The van der Waals surface area contributed by atoms with Crippen molar-refractivity contribution in [2.45, 2.75) is 60.0 Å². The van der Waals surface area contributed by atoms with Crippen LogP contribution in [0.3, 0.4) is 0 Å². The van der Waals surface area contributed by atoms with Gasteiger partial charge in [0.2, 0.25) is 0 Å². The summed E-state index contributed by atoms with van der Waals surface area (Å²) in [4.78, 5) is 25.8. The molecule has 4 aromatic rings. The van der Waals surface area contributed by atoms with Crippen LogP contribution in [0.4, 0.5) is 0 Å². The lowest BCUT2D eigenvalue weighted by Crippen LogP contribution is -2.26. The van der Waals surface area contributed by atoms with Crippen molar-refractivity contribution in [3.8, 4) is 11.5 Å². The summed E-state index contributed by atoms with van der Waals surface area (Å²) in [7, 11) is 0. The lowest BCUT2D eigenvalue weighted by atomic mass is 9.81. The van der Waals surface area contributed by atoms with Gasteiger partial charge in [0.25, 0.3) is 0 Å². The minimum Gasteiger partial charge on any atom is -0.488 e. The van der Waals surface area contributed by atoms with Crippen LogP contribution in [-0.2, 0) is 0 Å². The first-order chi connectivity index (χ1) is 17.0. The van der Waals surface area contributed by atoms with Gasteiger partial charge in [0.05, 0.1) is 5.56 Å². The third-order valence-electron chi connectivity index (χ3n) is 7.08. The van der Waals surface area contributed by atoms with Gasteiger partial charge in [0.1, 0.15) is 17.1 Å². The van der Waals surface area contributed by atoms with Crippen molar-refractivity contribution in [3.05, 3.63) is 83.9 Å². The van der Waals surface area contributed by atoms with Crippen LogP contribution in [0.1, 0.15) is 75.1 Å². The Morgan fingerprint density at radius 1 is 0.639 bits per heavy atom. The summed E-state index contributed by atoms with van der Waals surface area (Å²) in [5, 5.41) is 3.78. The summed E-state index contributed by atoms with van der Waals surface area (Å²) in [5.74, 6) is 0.955. The zero-order chi connectivity index (χ0) is 26.1. The van der Waals surface area contributed by atoms with Gasteiger partial charge in [-0.15, -0.1) is 0 Å². The van der Waals surface area contributed by atoms with Crippen LogP contribution in [0.5, 0.6) is 11.5 Å². The average Bonchev–Trinajstić information content (AvgIpc) is 2.87. The van der Waals surface area contributed by atoms with E-state index >= 15 is 0 Å². The molecule has 0 unspecified atom stereocenters. The van der Waals surface area contributed by atoms with Crippen LogP contribution in [0, 0.1) is 5.41 Å². The Hall–Kier alpha value is -3.66. The van der Waals surface area contributed by atoms with Crippen molar-refractivity contribution in [2.75, 3.05) is 0 Å². The van der Waals surface area contributed by atoms with Crippen molar-refractivity contribution in [1.29, 1.82) is 0 Å². The van der Waals surface area contributed by atoms with E-state index in [2.05, 4.69) is 20.8 Å². The molecule has 0 saturated heterocycles. The molecule has 0 bridgehead atoms. The molecule has 0 aromatic heterocycles. The molecule has 0 aliphatic rings. The fourth-order valence-corrected chi connectivity index (χ4v) is 3.95. The van der Waals surface area contributed by atoms with Crippen LogP contribution in [0.25, 0.3) is 21.5 Å². The predicted octanol–water partition coefficient (Wildman–Crippen LogP) is 8.40. The van der Waals surface area contributed by atoms with Crippen LogP contribution >= 0.6 is 0 Å². The molecule has 0 amide bonds. The van der Waals surface area contributed by atoms with Crippen molar-refractivity contribution in [3.63, 3.8) is 0 Å². The fraction of sp³-hybridized carbons (Fsp3) is 0.312. The van der Waals surface area contributed by atoms with E-state index in [4.69, 9.17) is 9.47 Å². The molecule has 0 spiro atoms. The molecule has 4 aromatic carbocycles. The fourth-order valence-electron chi connectivity index (χ4n) is 3.95. The van der Waals surface area contributed by atoms with Gasteiger partial charge in [-0.3, -0.25) is 4.79 Å². The van der Waals surface area contributed by atoms with E-state index in [1.54, 1.807) is 18.2 Å². The Morgan fingerprint density at radius 3 is 1.83 bits per heavy atom. The Kier molecular flexibility index (Phi) is 6.90. The van der Waals surface area contributed by atoms with Crippen molar-refractivity contribution < 1.29 is 19.1 Å². The molecular formula is C32H34O4. The number of esters is 1. The molecule has 0 saturated carbocycles. The summed E-state index contributed by atoms with van der Waals surface area (Å²) in [6, 6.07) is 22.5. The largest absolute Gasteiger partial charge is 0.488 e. The molecule has 186 valence electrons. The summed E-state index contributed by atoms with van der Waals surface area (Å²) >= 11 is 0. The van der Waals surface area contributed by atoms with Crippen molar-refractivity contribution in [2.24, 2.45) is 5.41 Å². The standard InChI is InChI=1S/C32H34O4/c1-7-31(3,4)29(33)24-11-9-23-18-25(12-10-22(23)17-24)30(34)35-27-15-13-21-14-16-28(20-26(21)19-27)36-32(5,6)8-2/h9-20H,7-8H2,1-6H3. The number of ether oxygens (including phenoxy) is 2. The third-order valence-corrected chi connectivity index (χ3v) is 7.08. The first-order valence-electron chi connectivity index (χ1n) is 12.5. The number of hydrogen-bond acceptors (Lipinski definition) is 4. The van der Waals surface area contributed by atoms with Gasteiger partial charge >= 0.3 is 5.97 Å². The van der Waals surface area contributed by atoms with Gasteiger partial charge in [-0.2, -0.15) is 0 Å². The number of rotatable bonds is 8. The van der Waals surface area contributed by atoms with Crippen LogP contribution in [0.15, 0.2) is 72.8 Å². The molecule has 4 heteroatoms. The molecule has 0 fully saturated rings. The first kappa shape index (κ1) is 25.4. The molecule has 0 N–H and O–H groups in total. The van der Waals surface area contributed by atoms with Crippen molar-refractivity contribution >= 4 is 33.3 Å². The number of benzene rings is 4. The second-order valence-electron chi connectivity index (χ2n) is 10.6. The topological polar surface area (TPSA) is 52.6 Å². The highest BCUT2D eigenvalue weighted by Gasteiger charge is 2.26. The van der Waals surface area contributed by atoms with E-state index in [0.717, 1.165) is 40.1 Å². The average molecular weight is 483 g/mol. The summed E-state index contributed by atoms with van der Waals surface area (Å²) in [6.45, 7) is 12.2. The number of carbonyl (C=O) groups excluding carboxylic acids is 2. The van der Waals surface area contributed by atoms with E-state index in [1.165, 1.54) is 0 Å². The third kappa shape index (κ3) is 5.43. The maximum absolute atomic E-state index is 12.9. The number of carbonyl (C=O) groups is 2. The van der Waals surface area contributed by atoms with Gasteiger partial charge in [0.15, 0.2) is 5.78 Å². The minimum atomic E-state index is -0.428. The number of ketones is 1. The van der Waals surface area contributed by atoms with Gasteiger partial charge in [-0.1, -0.05) is 58.0 Å². The highest BCUT2D eigenvalue weighted by molar-refractivity contribution is 6.04. The van der Waals surface area contributed by atoms with Gasteiger partial charge < -0.3 is 9.47 Å². The summed E-state index contributed by atoms with van der Waals surface area (Å²) < 4.78 is 11.8. The number of hydrogen-bond donors (Lipinski definition) is 0. The van der Waals surface area contributed by atoms with E-state index in [9.17, 15) is 9.59 Å². The smallest absolute Gasteiger partial charge is 0.343 e. The second kappa shape index (κ2) is 9.77. The Labute approximate surface area is 213 Å². The molecule has 4 nitrogen and oxygen atoms in total. The Morgan fingerprint density at radius 2 is 1.19 bits per heavy atom. The van der Waals surface area contributed by atoms with Crippen LogP contribution < -0.4 is 9.47 Å². The zero-order valence-corrected chi connectivity index (χ0v) is 22.0. The molecule has 0 aliphatic carbocycles. The first-order valence-corrected chi connectivity index (χ1v) is 12.5. The number of Topliss-reactive ketones (excluding diaryl/α,β-unsaturated/α-hetero) is 1. The predicted molar refractivity (Wildman–Crippen MR) is 146 cm³/mol. The highest BCUT2D eigenvalue weighted by atomic mass is 16.5. The lowest BCUT2D eigenvalue weighted by Gasteiger charge is -2.25. The quantitative estimate of drug-likeness (QED) is 0.144. The molecule has 0 radical (unpaired) electrons. The lowest BCUT2D eigenvalue weighted by molar-refractivity contribution is 0.0734. The van der Waals surface area contributed by atoms with Gasteiger partial charge in [0, 0.05) is 11.0 Å².